The third kappa shape index (κ3) is 4.40. The van der Waals surface area contributed by atoms with Crippen LogP contribution in [-0.4, -0.2) is 49.6 Å². The van der Waals surface area contributed by atoms with Crippen LogP contribution in [0.2, 0.25) is 5.02 Å². The fourth-order valence-corrected chi connectivity index (χ4v) is 3.04. The lowest BCUT2D eigenvalue weighted by molar-refractivity contribution is -0.0974. The highest BCUT2D eigenvalue weighted by atomic mass is 35.5. The summed E-state index contributed by atoms with van der Waals surface area (Å²) in [5, 5.41) is 3.47. The van der Waals surface area contributed by atoms with Crippen molar-refractivity contribution >= 4 is 28.4 Å². The predicted molar refractivity (Wildman–Crippen MR) is 109 cm³/mol. The fraction of sp³-hybridized carbons (Fsp3) is 0.250. The molecular formula is C20H20ClN3O5. The Bertz CT molecular complexity index is 1100. The maximum absolute atomic E-state index is 12.9. The van der Waals surface area contributed by atoms with Gasteiger partial charge in [-0.25, -0.2) is 4.98 Å². The van der Waals surface area contributed by atoms with E-state index in [0.29, 0.717) is 32.9 Å². The van der Waals surface area contributed by atoms with Crippen LogP contribution < -0.4 is 15.6 Å². The molecule has 3 rings (SSSR count). The molecule has 0 radical (unpaired) electrons. The van der Waals surface area contributed by atoms with Crippen molar-refractivity contribution in [3.63, 3.8) is 0 Å². The Morgan fingerprint density at radius 3 is 2.59 bits per heavy atom. The molecule has 1 amide bonds. The van der Waals surface area contributed by atoms with E-state index >= 15 is 0 Å². The summed E-state index contributed by atoms with van der Waals surface area (Å²) in [6.07, 6.45) is 0.858. The Morgan fingerprint density at radius 2 is 1.93 bits per heavy atom. The first-order chi connectivity index (χ1) is 14.0. The molecule has 8 nitrogen and oxygen atoms in total. The Kier molecular flexibility index (Phi) is 6.48. The predicted octanol–water partition coefficient (Wildman–Crippen LogP) is 2.40. The lowest BCUT2D eigenvalue weighted by atomic mass is 10.1. The second-order valence-corrected chi connectivity index (χ2v) is 6.49. The van der Waals surface area contributed by atoms with Crippen molar-refractivity contribution < 1.29 is 19.0 Å². The molecule has 0 saturated carbocycles. The number of carbonyl (C=O) groups is 1. The summed E-state index contributed by atoms with van der Waals surface area (Å²) in [5.41, 5.74) is 1.07. The second-order valence-electron chi connectivity index (χ2n) is 6.08. The minimum absolute atomic E-state index is 0.192. The molecule has 9 heteroatoms. The fourth-order valence-electron chi connectivity index (χ4n) is 2.79. The number of carbonyl (C=O) groups excluding carboxylic acids is 1. The number of nitrogens with one attached hydrogen (secondary N) is 1. The molecule has 3 aromatic rings. The van der Waals surface area contributed by atoms with E-state index in [1.165, 1.54) is 32.2 Å². The average molecular weight is 418 g/mol. The molecule has 1 aromatic heterocycles. The molecule has 29 heavy (non-hydrogen) atoms. The van der Waals surface area contributed by atoms with E-state index in [4.69, 9.17) is 25.8 Å². The van der Waals surface area contributed by atoms with Gasteiger partial charge in [-0.05, 0) is 36.4 Å². The van der Waals surface area contributed by atoms with E-state index in [9.17, 15) is 9.59 Å². The summed E-state index contributed by atoms with van der Waals surface area (Å²) >= 11 is 6.16. The third-order valence-corrected chi connectivity index (χ3v) is 4.69. The van der Waals surface area contributed by atoms with Crippen LogP contribution in [0.4, 0.5) is 0 Å². The molecule has 1 N–H and O–H groups in total. The maximum atomic E-state index is 12.9. The zero-order chi connectivity index (χ0) is 21.0. The van der Waals surface area contributed by atoms with Crippen molar-refractivity contribution in [2.45, 2.75) is 6.29 Å². The molecule has 152 valence electrons. The monoisotopic (exact) mass is 417 g/mol. The molecule has 0 aliphatic heterocycles. The summed E-state index contributed by atoms with van der Waals surface area (Å²) in [5.74, 6) is 0.191. The molecule has 0 aliphatic rings. The molecule has 1 heterocycles. The zero-order valence-electron chi connectivity index (χ0n) is 16.1. The highest BCUT2D eigenvalue weighted by Crippen LogP contribution is 2.26. The minimum atomic E-state index is -0.541. The number of aromatic nitrogens is 2. The molecule has 2 aromatic carbocycles. The first-order valence-corrected chi connectivity index (χ1v) is 9.05. The Hall–Kier alpha value is -2.94. The normalized spacial score (nSPS) is 11.1. The number of methoxy groups -OCH3 is 3. The molecule has 0 atom stereocenters. The number of hydrogen-bond acceptors (Lipinski definition) is 6. The summed E-state index contributed by atoms with van der Waals surface area (Å²) in [4.78, 5) is 29.5. The molecule has 0 bridgehead atoms. The van der Waals surface area contributed by atoms with Gasteiger partial charge in [-0.3, -0.25) is 14.2 Å². The van der Waals surface area contributed by atoms with Crippen LogP contribution in [0.5, 0.6) is 5.75 Å². The van der Waals surface area contributed by atoms with Crippen molar-refractivity contribution in [1.82, 2.24) is 14.9 Å². The molecule has 0 spiro atoms. The van der Waals surface area contributed by atoms with E-state index < -0.39 is 6.29 Å². The van der Waals surface area contributed by atoms with Gasteiger partial charge in [-0.1, -0.05) is 11.6 Å². The highest BCUT2D eigenvalue weighted by molar-refractivity contribution is 6.32. The molecule has 0 saturated heterocycles. The lowest BCUT2D eigenvalue weighted by Gasteiger charge is -2.14. The van der Waals surface area contributed by atoms with E-state index in [0.717, 1.165) is 0 Å². The van der Waals surface area contributed by atoms with Crippen LogP contribution in [-0.2, 0) is 9.47 Å². The molecule has 0 aliphatic carbocycles. The van der Waals surface area contributed by atoms with Crippen LogP contribution in [0, 0.1) is 0 Å². The first kappa shape index (κ1) is 20.8. The SMILES string of the molecule is COc1ccc(-n2cnc3cc(C(=O)NCC(OC)OC)ccc3c2=O)cc1Cl. The number of nitrogens with zero attached hydrogens (tertiary/aromatic N) is 2. The van der Waals surface area contributed by atoms with Crippen molar-refractivity contribution in [3.05, 3.63) is 63.7 Å². The molecule has 0 unspecified atom stereocenters. The van der Waals surface area contributed by atoms with E-state index in [1.54, 1.807) is 36.4 Å². The van der Waals surface area contributed by atoms with E-state index in [-0.39, 0.29) is 18.0 Å². The first-order valence-electron chi connectivity index (χ1n) is 8.67. The topological polar surface area (TPSA) is 91.7 Å². The summed E-state index contributed by atoms with van der Waals surface area (Å²) < 4.78 is 16.6. The number of halogens is 1. The zero-order valence-corrected chi connectivity index (χ0v) is 16.9. The average Bonchev–Trinajstić information content (AvgIpc) is 2.74. The van der Waals surface area contributed by atoms with Gasteiger partial charge in [0.1, 0.15) is 12.1 Å². The van der Waals surface area contributed by atoms with E-state index in [2.05, 4.69) is 10.3 Å². The van der Waals surface area contributed by atoms with Crippen molar-refractivity contribution in [1.29, 1.82) is 0 Å². The van der Waals surface area contributed by atoms with Gasteiger partial charge in [0, 0.05) is 19.8 Å². The Balaban J connectivity index is 1.90. The van der Waals surface area contributed by atoms with Gasteiger partial charge in [0.15, 0.2) is 6.29 Å². The summed E-state index contributed by atoms with van der Waals surface area (Å²) in [7, 11) is 4.49. The Labute approximate surface area is 172 Å². The number of rotatable bonds is 7. The Morgan fingerprint density at radius 1 is 1.17 bits per heavy atom. The summed E-state index contributed by atoms with van der Waals surface area (Å²) in [6, 6.07) is 9.72. The minimum Gasteiger partial charge on any atom is -0.495 e. The highest BCUT2D eigenvalue weighted by Gasteiger charge is 2.13. The van der Waals surface area contributed by atoms with Gasteiger partial charge in [-0.2, -0.15) is 0 Å². The number of benzene rings is 2. The van der Waals surface area contributed by atoms with Crippen LogP contribution >= 0.6 is 11.6 Å². The molecular weight excluding hydrogens is 398 g/mol. The quantitative estimate of drug-likeness (QED) is 0.593. The molecule has 0 fully saturated rings. The maximum Gasteiger partial charge on any atom is 0.265 e. The summed E-state index contributed by atoms with van der Waals surface area (Å²) in [6.45, 7) is 0.192. The van der Waals surface area contributed by atoms with E-state index in [1.807, 2.05) is 0 Å². The van der Waals surface area contributed by atoms with Gasteiger partial charge in [-0.15, -0.1) is 0 Å². The van der Waals surface area contributed by atoms with Gasteiger partial charge >= 0.3 is 0 Å². The van der Waals surface area contributed by atoms with Crippen molar-refractivity contribution in [2.75, 3.05) is 27.9 Å². The standard InChI is InChI=1S/C20H20ClN3O5/c1-27-17-7-5-13(9-15(17)21)24-11-23-16-8-12(4-6-14(16)20(24)26)19(25)22-10-18(28-2)29-3/h4-9,11,18H,10H2,1-3H3,(H,22,25). The number of amides is 1. The largest absolute Gasteiger partial charge is 0.495 e. The number of fused-ring (bicyclic) bond motifs is 1. The third-order valence-electron chi connectivity index (χ3n) is 4.39. The van der Waals surface area contributed by atoms with Crippen LogP contribution in [0.15, 0.2) is 47.5 Å². The van der Waals surface area contributed by atoms with Crippen molar-refractivity contribution in [3.8, 4) is 11.4 Å². The van der Waals surface area contributed by atoms with Gasteiger partial charge in [0.2, 0.25) is 0 Å². The second kappa shape index (κ2) is 9.04. The van der Waals surface area contributed by atoms with Crippen molar-refractivity contribution in [2.24, 2.45) is 0 Å². The number of ether oxygens (including phenoxy) is 3. The van der Waals surface area contributed by atoms with Gasteiger partial charge in [0.05, 0.1) is 35.3 Å². The van der Waals surface area contributed by atoms with Crippen LogP contribution in [0.25, 0.3) is 16.6 Å². The lowest BCUT2D eigenvalue weighted by Crippen LogP contribution is -2.34. The van der Waals surface area contributed by atoms with Crippen LogP contribution in [0.1, 0.15) is 10.4 Å². The van der Waals surface area contributed by atoms with Gasteiger partial charge in [0.25, 0.3) is 11.5 Å². The van der Waals surface area contributed by atoms with Gasteiger partial charge < -0.3 is 19.5 Å². The smallest absolute Gasteiger partial charge is 0.265 e. The van der Waals surface area contributed by atoms with Crippen LogP contribution in [0.3, 0.4) is 0 Å². The number of hydrogen-bond donors (Lipinski definition) is 1.